The van der Waals surface area contributed by atoms with Crippen LogP contribution in [0.3, 0.4) is 0 Å². The van der Waals surface area contributed by atoms with Gasteiger partial charge in [-0.05, 0) is 52.9 Å². The molecule has 19 heavy (non-hydrogen) atoms. The van der Waals surface area contributed by atoms with Crippen LogP contribution in [-0.4, -0.2) is 24.7 Å². The Kier molecular flexibility index (Phi) is 4.01. The zero-order chi connectivity index (χ0) is 14.2. The standard InChI is InChI=1S/C13H15BrO4S/c1-8(13(15)16)6-9-2-5-12(11(14)7-9)19(17,18)10-3-4-10/h2,5,7-8,10H,3-4,6H2,1H3,(H,15,16). The van der Waals surface area contributed by atoms with E-state index in [-0.39, 0.29) is 5.25 Å². The van der Waals surface area contributed by atoms with Gasteiger partial charge in [0.25, 0.3) is 0 Å². The third kappa shape index (κ3) is 3.17. The number of carbonyl (C=O) groups is 1. The highest BCUT2D eigenvalue weighted by atomic mass is 79.9. The molecule has 1 N–H and O–H groups in total. The number of hydrogen-bond acceptors (Lipinski definition) is 3. The average molecular weight is 347 g/mol. The van der Waals surface area contributed by atoms with Crippen LogP contribution >= 0.6 is 15.9 Å². The summed E-state index contributed by atoms with van der Waals surface area (Å²) in [4.78, 5) is 11.1. The molecule has 0 heterocycles. The molecule has 1 aromatic rings. The second-order valence-electron chi connectivity index (χ2n) is 4.95. The van der Waals surface area contributed by atoms with E-state index in [1.165, 1.54) is 0 Å². The SMILES string of the molecule is CC(Cc1ccc(S(=O)(=O)C2CC2)c(Br)c1)C(=O)O. The molecule has 0 radical (unpaired) electrons. The third-order valence-corrected chi connectivity index (χ3v) is 6.47. The van der Waals surface area contributed by atoms with Gasteiger partial charge in [0.2, 0.25) is 0 Å². The Bertz CT molecular complexity index is 605. The monoisotopic (exact) mass is 346 g/mol. The number of benzene rings is 1. The lowest BCUT2D eigenvalue weighted by atomic mass is 10.0. The van der Waals surface area contributed by atoms with Gasteiger partial charge in [-0.15, -0.1) is 0 Å². The van der Waals surface area contributed by atoms with Gasteiger partial charge in [-0.3, -0.25) is 4.79 Å². The Morgan fingerprint density at radius 1 is 1.47 bits per heavy atom. The molecule has 1 saturated carbocycles. The first-order chi connectivity index (χ1) is 8.82. The number of rotatable bonds is 5. The van der Waals surface area contributed by atoms with Crippen molar-refractivity contribution in [3.63, 3.8) is 0 Å². The number of hydrogen-bond donors (Lipinski definition) is 1. The Labute approximate surface area is 120 Å². The molecule has 1 atom stereocenters. The van der Waals surface area contributed by atoms with Crippen LogP contribution in [0.2, 0.25) is 0 Å². The molecular weight excluding hydrogens is 332 g/mol. The lowest BCUT2D eigenvalue weighted by Gasteiger charge is -2.10. The maximum atomic E-state index is 12.1. The van der Waals surface area contributed by atoms with E-state index in [0.717, 1.165) is 18.4 Å². The molecular formula is C13H15BrO4S. The fraction of sp³-hybridized carbons (Fsp3) is 0.462. The largest absolute Gasteiger partial charge is 0.481 e. The Morgan fingerprint density at radius 3 is 2.58 bits per heavy atom. The zero-order valence-corrected chi connectivity index (χ0v) is 12.9. The molecule has 0 amide bonds. The lowest BCUT2D eigenvalue weighted by Crippen LogP contribution is -2.13. The van der Waals surface area contributed by atoms with Crippen molar-refractivity contribution in [3.05, 3.63) is 28.2 Å². The van der Waals surface area contributed by atoms with Gasteiger partial charge >= 0.3 is 5.97 Å². The van der Waals surface area contributed by atoms with E-state index in [1.54, 1.807) is 25.1 Å². The minimum absolute atomic E-state index is 0.243. The number of halogens is 1. The molecule has 0 aromatic heterocycles. The average Bonchev–Trinajstić information content (AvgIpc) is 3.12. The van der Waals surface area contributed by atoms with Crippen LogP contribution in [0.15, 0.2) is 27.6 Å². The third-order valence-electron chi connectivity index (χ3n) is 3.23. The van der Waals surface area contributed by atoms with E-state index in [4.69, 9.17) is 5.11 Å². The van der Waals surface area contributed by atoms with Crippen molar-refractivity contribution in [1.82, 2.24) is 0 Å². The van der Waals surface area contributed by atoms with Gasteiger partial charge in [-0.2, -0.15) is 0 Å². The minimum Gasteiger partial charge on any atom is -0.481 e. The first-order valence-electron chi connectivity index (χ1n) is 6.07. The van der Waals surface area contributed by atoms with Gasteiger partial charge in [-0.1, -0.05) is 13.0 Å². The molecule has 4 nitrogen and oxygen atoms in total. The second-order valence-corrected chi connectivity index (χ2v) is 8.00. The molecule has 104 valence electrons. The smallest absolute Gasteiger partial charge is 0.306 e. The Hall–Kier alpha value is -0.880. The van der Waals surface area contributed by atoms with Crippen LogP contribution in [0.1, 0.15) is 25.3 Å². The van der Waals surface area contributed by atoms with Crippen molar-refractivity contribution in [1.29, 1.82) is 0 Å². The molecule has 1 aromatic carbocycles. The summed E-state index contributed by atoms with van der Waals surface area (Å²) in [7, 11) is -3.22. The summed E-state index contributed by atoms with van der Waals surface area (Å²) in [5.41, 5.74) is 0.816. The summed E-state index contributed by atoms with van der Waals surface area (Å²) in [5.74, 6) is -1.34. The fourth-order valence-electron chi connectivity index (χ4n) is 1.90. The zero-order valence-electron chi connectivity index (χ0n) is 10.5. The van der Waals surface area contributed by atoms with Crippen molar-refractivity contribution in [2.75, 3.05) is 0 Å². The van der Waals surface area contributed by atoms with Gasteiger partial charge in [0, 0.05) is 4.47 Å². The molecule has 0 saturated heterocycles. The number of aliphatic carboxylic acids is 1. The van der Waals surface area contributed by atoms with Crippen molar-refractivity contribution in [2.24, 2.45) is 5.92 Å². The van der Waals surface area contributed by atoms with Gasteiger partial charge in [0.05, 0.1) is 16.1 Å². The maximum absolute atomic E-state index is 12.1. The number of carboxylic acids is 1. The number of carboxylic acid groups (broad SMARTS) is 1. The fourth-order valence-corrected chi connectivity index (χ4v) is 4.71. The number of sulfone groups is 1. The minimum atomic E-state index is -3.22. The quantitative estimate of drug-likeness (QED) is 0.889. The summed E-state index contributed by atoms with van der Waals surface area (Å²) in [6, 6.07) is 4.97. The summed E-state index contributed by atoms with van der Waals surface area (Å²) in [6.07, 6.45) is 1.84. The van der Waals surface area contributed by atoms with Crippen molar-refractivity contribution < 1.29 is 18.3 Å². The molecule has 1 aliphatic carbocycles. The Balaban J connectivity index is 2.25. The maximum Gasteiger partial charge on any atom is 0.306 e. The molecule has 0 spiro atoms. The molecule has 0 aliphatic heterocycles. The van der Waals surface area contributed by atoms with Gasteiger partial charge in [-0.25, -0.2) is 8.42 Å². The lowest BCUT2D eigenvalue weighted by molar-refractivity contribution is -0.141. The summed E-state index contributed by atoms with van der Waals surface area (Å²) < 4.78 is 24.8. The van der Waals surface area contributed by atoms with Crippen molar-refractivity contribution >= 4 is 31.7 Å². The van der Waals surface area contributed by atoms with Crippen LogP contribution < -0.4 is 0 Å². The van der Waals surface area contributed by atoms with E-state index < -0.39 is 21.7 Å². The van der Waals surface area contributed by atoms with E-state index in [2.05, 4.69) is 15.9 Å². The van der Waals surface area contributed by atoms with Gasteiger partial charge in [0.1, 0.15) is 0 Å². The van der Waals surface area contributed by atoms with Crippen LogP contribution in [0.25, 0.3) is 0 Å². The molecule has 1 fully saturated rings. The molecule has 1 unspecified atom stereocenters. The van der Waals surface area contributed by atoms with E-state index in [0.29, 0.717) is 15.8 Å². The highest BCUT2D eigenvalue weighted by Gasteiger charge is 2.37. The van der Waals surface area contributed by atoms with E-state index >= 15 is 0 Å². The summed E-state index contributed by atoms with van der Waals surface area (Å²) in [5, 5.41) is 8.63. The van der Waals surface area contributed by atoms with Crippen LogP contribution in [0, 0.1) is 5.92 Å². The first-order valence-corrected chi connectivity index (χ1v) is 8.41. The topological polar surface area (TPSA) is 71.4 Å². The Morgan fingerprint density at radius 2 is 2.11 bits per heavy atom. The van der Waals surface area contributed by atoms with E-state index in [9.17, 15) is 13.2 Å². The predicted octanol–water partition coefficient (Wildman–Crippen LogP) is 2.65. The normalized spacial score (nSPS) is 17.2. The second kappa shape index (κ2) is 5.25. The molecule has 0 bridgehead atoms. The first kappa shape index (κ1) is 14.5. The highest BCUT2D eigenvalue weighted by molar-refractivity contribution is 9.10. The van der Waals surface area contributed by atoms with Crippen LogP contribution in [0.5, 0.6) is 0 Å². The van der Waals surface area contributed by atoms with Gasteiger partial charge in [0.15, 0.2) is 9.84 Å². The van der Waals surface area contributed by atoms with Crippen LogP contribution in [0.4, 0.5) is 0 Å². The predicted molar refractivity (Wildman–Crippen MR) is 74.9 cm³/mol. The summed E-state index contributed by atoms with van der Waals surface area (Å²) >= 11 is 3.28. The van der Waals surface area contributed by atoms with Crippen molar-refractivity contribution in [2.45, 2.75) is 36.3 Å². The summed E-state index contributed by atoms with van der Waals surface area (Å²) in [6.45, 7) is 1.63. The van der Waals surface area contributed by atoms with E-state index in [1.807, 2.05) is 0 Å². The van der Waals surface area contributed by atoms with Crippen LogP contribution in [-0.2, 0) is 21.1 Å². The highest BCUT2D eigenvalue weighted by Crippen LogP contribution is 2.36. The molecule has 6 heteroatoms. The van der Waals surface area contributed by atoms with Gasteiger partial charge < -0.3 is 5.11 Å². The van der Waals surface area contributed by atoms with Crippen molar-refractivity contribution in [3.8, 4) is 0 Å². The molecule has 1 aliphatic rings. The molecule has 2 rings (SSSR count).